The molecule has 0 atom stereocenters. The van der Waals surface area contributed by atoms with Crippen LogP contribution >= 0.6 is 11.3 Å². The number of esters is 1. The Kier molecular flexibility index (Phi) is 4.49. The maximum atomic E-state index is 12.3. The smallest absolute Gasteiger partial charge is 0.311 e. The average molecular weight is 349 g/mol. The van der Waals surface area contributed by atoms with Gasteiger partial charge in [0.25, 0.3) is 0 Å². The molecule has 0 amide bonds. The van der Waals surface area contributed by atoms with E-state index in [1.54, 1.807) is 11.3 Å². The normalized spacial score (nSPS) is 19.5. The molecule has 0 saturated carbocycles. The predicted octanol–water partition coefficient (Wildman–Crippen LogP) is 4.07. The Hall–Kier alpha value is -1.36. The quantitative estimate of drug-likeness (QED) is 0.773. The molecular weight excluding hydrogens is 322 g/mol. The fourth-order valence-electron chi connectivity index (χ4n) is 3.22. The average Bonchev–Trinajstić information content (AvgIpc) is 2.95. The van der Waals surface area contributed by atoms with Crippen molar-refractivity contribution >= 4 is 23.2 Å². The van der Waals surface area contributed by atoms with Crippen molar-refractivity contribution in [3.05, 3.63) is 20.9 Å². The van der Waals surface area contributed by atoms with E-state index in [4.69, 9.17) is 14.5 Å². The van der Waals surface area contributed by atoms with E-state index in [2.05, 4.69) is 13.8 Å². The van der Waals surface area contributed by atoms with Gasteiger partial charge in [-0.05, 0) is 65.9 Å². The molecule has 3 rings (SSSR count). The first-order valence-corrected chi connectivity index (χ1v) is 9.54. The summed E-state index contributed by atoms with van der Waals surface area (Å²) in [6.45, 7) is 10.4. The number of carbonyl (C=O) groups is 1. The van der Waals surface area contributed by atoms with Crippen LogP contribution in [0.5, 0.6) is 0 Å². The zero-order valence-electron chi connectivity index (χ0n) is 15.3. The lowest BCUT2D eigenvalue weighted by Gasteiger charge is -2.19. The number of ether oxygens (including phenoxy) is 2. The van der Waals surface area contributed by atoms with E-state index in [9.17, 15) is 4.79 Å². The Morgan fingerprint density at radius 2 is 2.00 bits per heavy atom. The first-order chi connectivity index (χ1) is 11.1. The van der Waals surface area contributed by atoms with Crippen molar-refractivity contribution in [2.45, 2.75) is 77.9 Å². The lowest BCUT2D eigenvalue weighted by Crippen LogP contribution is -2.25. The number of aliphatic imine (C=N–C) groups is 1. The molecule has 5 heteroatoms. The SMILES string of the molecule is CC1(C)COC(c2c(CC(=O)OC(C)(C)C)sc3c2CCCC3)=N1. The highest BCUT2D eigenvalue weighted by Gasteiger charge is 2.33. The molecule has 0 unspecified atom stereocenters. The van der Waals surface area contributed by atoms with Gasteiger partial charge in [-0.1, -0.05) is 0 Å². The predicted molar refractivity (Wildman–Crippen MR) is 97.1 cm³/mol. The Morgan fingerprint density at radius 3 is 2.62 bits per heavy atom. The zero-order valence-corrected chi connectivity index (χ0v) is 16.1. The number of rotatable bonds is 3. The van der Waals surface area contributed by atoms with Crippen LogP contribution in [0.15, 0.2) is 4.99 Å². The largest absolute Gasteiger partial charge is 0.475 e. The monoisotopic (exact) mass is 349 g/mol. The van der Waals surface area contributed by atoms with Crippen LogP contribution < -0.4 is 0 Å². The second kappa shape index (κ2) is 6.17. The van der Waals surface area contributed by atoms with Gasteiger partial charge in [0.15, 0.2) is 0 Å². The highest BCUT2D eigenvalue weighted by atomic mass is 32.1. The summed E-state index contributed by atoms with van der Waals surface area (Å²) in [7, 11) is 0. The van der Waals surface area contributed by atoms with Gasteiger partial charge < -0.3 is 9.47 Å². The van der Waals surface area contributed by atoms with Crippen molar-refractivity contribution in [3.63, 3.8) is 0 Å². The summed E-state index contributed by atoms with van der Waals surface area (Å²) in [5, 5.41) is 0. The van der Waals surface area contributed by atoms with Gasteiger partial charge >= 0.3 is 5.97 Å². The summed E-state index contributed by atoms with van der Waals surface area (Å²) < 4.78 is 11.4. The molecule has 0 saturated heterocycles. The first-order valence-electron chi connectivity index (χ1n) is 8.73. The lowest BCUT2D eigenvalue weighted by atomic mass is 9.94. The maximum absolute atomic E-state index is 12.3. The summed E-state index contributed by atoms with van der Waals surface area (Å²) in [6.07, 6.45) is 4.86. The van der Waals surface area contributed by atoms with Crippen LogP contribution in [0.4, 0.5) is 0 Å². The van der Waals surface area contributed by atoms with E-state index in [0.29, 0.717) is 13.0 Å². The Bertz CT molecular complexity index is 680. The number of thiophene rings is 1. The Morgan fingerprint density at radius 1 is 1.29 bits per heavy atom. The van der Waals surface area contributed by atoms with Gasteiger partial charge in [0.05, 0.1) is 17.5 Å². The van der Waals surface area contributed by atoms with Crippen LogP contribution in [0.25, 0.3) is 0 Å². The van der Waals surface area contributed by atoms with Gasteiger partial charge in [0.1, 0.15) is 12.2 Å². The second-order valence-corrected chi connectivity index (χ2v) is 9.48. The van der Waals surface area contributed by atoms with Crippen LogP contribution in [0.3, 0.4) is 0 Å². The van der Waals surface area contributed by atoms with Crippen molar-refractivity contribution in [1.29, 1.82) is 0 Å². The molecule has 1 aliphatic carbocycles. The van der Waals surface area contributed by atoms with Gasteiger partial charge in [-0.3, -0.25) is 4.79 Å². The molecule has 0 N–H and O–H groups in total. The molecule has 1 aliphatic heterocycles. The van der Waals surface area contributed by atoms with Crippen molar-refractivity contribution in [3.8, 4) is 0 Å². The molecular formula is C19H27NO3S. The van der Waals surface area contributed by atoms with E-state index in [1.807, 2.05) is 20.8 Å². The van der Waals surface area contributed by atoms with Crippen LogP contribution in [-0.4, -0.2) is 29.6 Å². The van der Waals surface area contributed by atoms with Gasteiger partial charge in [0, 0.05) is 9.75 Å². The summed E-state index contributed by atoms with van der Waals surface area (Å²) >= 11 is 1.74. The number of fused-ring (bicyclic) bond motifs is 1. The van der Waals surface area contributed by atoms with Gasteiger partial charge in [0.2, 0.25) is 5.90 Å². The van der Waals surface area contributed by atoms with Crippen molar-refractivity contribution in [2.75, 3.05) is 6.61 Å². The molecule has 4 nitrogen and oxygen atoms in total. The van der Waals surface area contributed by atoms with Gasteiger partial charge in [-0.15, -0.1) is 11.3 Å². The minimum atomic E-state index is -0.461. The van der Waals surface area contributed by atoms with Crippen molar-refractivity contribution < 1.29 is 14.3 Å². The fourth-order valence-corrected chi connectivity index (χ4v) is 4.59. The van der Waals surface area contributed by atoms with E-state index in [-0.39, 0.29) is 11.5 Å². The van der Waals surface area contributed by atoms with Gasteiger partial charge in [-0.2, -0.15) is 0 Å². The highest BCUT2D eigenvalue weighted by molar-refractivity contribution is 7.12. The number of aryl methyl sites for hydroxylation is 1. The summed E-state index contributed by atoms with van der Waals surface area (Å²) in [5.41, 5.74) is 1.77. The van der Waals surface area contributed by atoms with Crippen molar-refractivity contribution in [1.82, 2.24) is 0 Å². The Labute approximate surface area is 148 Å². The molecule has 1 aromatic rings. The van der Waals surface area contributed by atoms with E-state index in [1.165, 1.54) is 23.3 Å². The molecule has 0 bridgehead atoms. The standard InChI is InChI=1S/C19H27NO3S/c1-18(2,3)23-15(21)10-14-16(17-20-19(4,5)11-22-17)12-8-6-7-9-13(12)24-14/h6-11H2,1-5H3. The van der Waals surface area contributed by atoms with Gasteiger partial charge in [-0.25, -0.2) is 4.99 Å². The van der Waals surface area contributed by atoms with E-state index >= 15 is 0 Å². The summed E-state index contributed by atoms with van der Waals surface area (Å²) in [5.74, 6) is 0.540. The molecule has 1 aromatic heterocycles. The van der Waals surface area contributed by atoms with Crippen LogP contribution in [0.1, 0.15) is 68.3 Å². The number of hydrogen-bond acceptors (Lipinski definition) is 5. The zero-order chi connectivity index (χ0) is 17.5. The topological polar surface area (TPSA) is 47.9 Å². The highest BCUT2D eigenvalue weighted by Crippen LogP contribution is 2.37. The van der Waals surface area contributed by atoms with Crippen LogP contribution in [0, 0.1) is 0 Å². The fraction of sp³-hybridized carbons (Fsp3) is 0.684. The Balaban J connectivity index is 1.94. The van der Waals surface area contributed by atoms with Crippen LogP contribution in [0.2, 0.25) is 0 Å². The molecule has 0 radical (unpaired) electrons. The summed E-state index contributed by atoms with van der Waals surface area (Å²) in [4.78, 5) is 19.5. The minimum absolute atomic E-state index is 0.180. The molecule has 0 fully saturated rings. The third kappa shape index (κ3) is 3.82. The molecule has 2 aliphatic rings. The molecule has 24 heavy (non-hydrogen) atoms. The van der Waals surface area contributed by atoms with Crippen LogP contribution in [-0.2, 0) is 33.5 Å². The number of carbonyl (C=O) groups excluding carboxylic acids is 1. The first kappa shape index (κ1) is 17.5. The molecule has 0 aromatic carbocycles. The van der Waals surface area contributed by atoms with E-state index < -0.39 is 5.60 Å². The number of hydrogen-bond donors (Lipinski definition) is 0. The third-order valence-corrected chi connectivity index (χ3v) is 5.44. The third-order valence-electron chi connectivity index (χ3n) is 4.15. The molecule has 132 valence electrons. The molecule has 2 heterocycles. The maximum Gasteiger partial charge on any atom is 0.311 e. The summed E-state index contributed by atoms with van der Waals surface area (Å²) in [6, 6.07) is 0. The number of nitrogens with zero attached hydrogens (tertiary/aromatic N) is 1. The lowest BCUT2D eigenvalue weighted by molar-refractivity contribution is -0.153. The molecule has 0 spiro atoms. The van der Waals surface area contributed by atoms with E-state index in [0.717, 1.165) is 29.2 Å². The second-order valence-electron chi connectivity index (χ2n) is 8.29. The van der Waals surface area contributed by atoms with Crippen molar-refractivity contribution in [2.24, 2.45) is 4.99 Å². The minimum Gasteiger partial charge on any atom is -0.475 e.